The summed E-state index contributed by atoms with van der Waals surface area (Å²) in [5.41, 5.74) is -0.268. The van der Waals surface area contributed by atoms with Crippen LogP contribution < -0.4 is 4.74 Å². The van der Waals surface area contributed by atoms with Gasteiger partial charge in [-0.25, -0.2) is 0 Å². The third-order valence-electron chi connectivity index (χ3n) is 3.73. The maximum absolute atomic E-state index is 11.1. The highest BCUT2D eigenvalue weighted by molar-refractivity contribution is 7.99. The Kier molecular flexibility index (Phi) is 7.62. The summed E-state index contributed by atoms with van der Waals surface area (Å²) in [7, 11) is 1.81. The van der Waals surface area contributed by atoms with Gasteiger partial charge in [0.05, 0.1) is 12.6 Å². The summed E-state index contributed by atoms with van der Waals surface area (Å²) in [5, 5.41) is 9.78. The van der Waals surface area contributed by atoms with Crippen LogP contribution in [0.4, 0.5) is 0 Å². The van der Waals surface area contributed by atoms with Crippen LogP contribution in [0.2, 0.25) is 5.02 Å². The van der Waals surface area contributed by atoms with Gasteiger partial charge >= 0.3 is 5.97 Å². The highest BCUT2D eigenvalue weighted by atomic mass is 35.5. The third-order valence-corrected chi connectivity index (χ3v) is 5.13. The van der Waals surface area contributed by atoms with E-state index >= 15 is 0 Å². The van der Waals surface area contributed by atoms with Crippen molar-refractivity contribution in [2.45, 2.75) is 29.7 Å². The molecule has 0 aromatic heterocycles. The number of benzene rings is 2. The molecule has 2 aromatic carbocycles. The molecule has 0 aliphatic heterocycles. The van der Waals surface area contributed by atoms with Crippen LogP contribution in [0.1, 0.15) is 13.3 Å². The highest BCUT2D eigenvalue weighted by Gasteiger charge is 2.28. The maximum Gasteiger partial charge on any atom is 0.317 e. The van der Waals surface area contributed by atoms with Crippen LogP contribution in [0.15, 0.2) is 59.5 Å². The van der Waals surface area contributed by atoms with Crippen molar-refractivity contribution >= 4 is 29.3 Å². The zero-order valence-electron chi connectivity index (χ0n) is 14.3. The first kappa shape index (κ1) is 19.6. The molecule has 6 heteroatoms. The predicted octanol–water partition coefficient (Wildman–Crippen LogP) is 4.63. The maximum atomic E-state index is 11.1. The van der Waals surface area contributed by atoms with Crippen LogP contribution in [0.5, 0.6) is 5.75 Å². The quantitative estimate of drug-likeness (QED) is 0.508. The van der Waals surface area contributed by atoms with Crippen molar-refractivity contribution in [2.75, 3.05) is 13.6 Å². The van der Waals surface area contributed by atoms with Crippen molar-refractivity contribution in [1.29, 1.82) is 0 Å². The van der Waals surface area contributed by atoms with Gasteiger partial charge in [-0.1, -0.05) is 54.6 Å². The first-order chi connectivity index (χ1) is 12.0. The number of thioether (sulfide) groups is 1. The standard InChI is InChI=1S/C19H22ClNO3S/c1-3-17(21(2)13-18(22)23)19(24-15-9-5-4-6-10-15)25-16-11-7-8-14(20)12-16/h4-12,17,19H,3,13H2,1-2H3,(H,22,23)/t17-,19-/m0/s1. The molecule has 0 bridgehead atoms. The lowest BCUT2D eigenvalue weighted by Gasteiger charge is -2.33. The van der Waals surface area contributed by atoms with Gasteiger partial charge in [0.25, 0.3) is 0 Å². The van der Waals surface area contributed by atoms with Crippen LogP contribution in [0.25, 0.3) is 0 Å². The smallest absolute Gasteiger partial charge is 0.317 e. The summed E-state index contributed by atoms with van der Waals surface area (Å²) >= 11 is 7.64. The summed E-state index contributed by atoms with van der Waals surface area (Å²) < 4.78 is 6.20. The number of carboxylic acid groups (broad SMARTS) is 1. The zero-order chi connectivity index (χ0) is 18.2. The minimum Gasteiger partial charge on any atom is -0.480 e. The Morgan fingerprint density at radius 3 is 2.56 bits per heavy atom. The number of hydrogen-bond acceptors (Lipinski definition) is 4. The molecule has 0 aliphatic carbocycles. The van der Waals surface area contributed by atoms with Gasteiger partial charge in [0, 0.05) is 9.92 Å². The van der Waals surface area contributed by atoms with Gasteiger partial charge in [0.15, 0.2) is 5.44 Å². The molecule has 0 spiro atoms. The molecule has 1 N–H and O–H groups in total. The number of carboxylic acids is 1. The summed E-state index contributed by atoms with van der Waals surface area (Å²) in [5.74, 6) is -0.101. The lowest BCUT2D eigenvalue weighted by Crippen LogP contribution is -2.44. The highest BCUT2D eigenvalue weighted by Crippen LogP contribution is 2.32. The molecule has 134 valence electrons. The average Bonchev–Trinajstić information content (AvgIpc) is 2.55. The fourth-order valence-electron chi connectivity index (χ4n) is 2.53. The number of carbonyl (C=O) groups is 1. The van der Waals surface area contributed by atoms with Gasteiger partial charge in [0.1, 0.15) is 5.75 Å². The molecule has 0 amide bonds. The fraction of sp³-hybridized carbons (Fsp3) is 0.316. The van der Waals surface area contributed by atoms with Gasteiger partial charge < -0.3 is 9.84 Å². The molecule has 0 aliphatic rings. The molecule has 0 saturated heterocycles. The van der Waals surface area contributed by atoms with Gasteiger partial charge in [-0.2, -0.15) is 0 Å². The van der Waals surface area contributed by atoms with E-state index < -0.39 is 5.97 Å². The molecule has 2 rings (SSSR count). The van der Waals surface area contributed by atoms with Crippen LogP contribution in [0.3, 0.4) is 0 Å². The van der Waals surface area contributed by atoms with E-state index in [2.05, 4.69) is 0 Å². The number of rotatable bonds is 9. The molecule has 0 heterocycles. The SMILES string of the molecule is CC[C@@H]([C@@H](Oc1ccccc1)Sc1cccc(Cl)c1)N(C)CC(=O)O. The Morgan fingerprint density at radius 2 is 1.96 bits per heavy atom. The van der Waals surface area contributed by atoms with Crippen molar-refractivity contribution in [3.63, 3.8) is 0 Å². The largest absolute Gasteiger partial charge is 0.480 e. The summed E-state index contributed by atoms with van der Waals surface area (Å²) in [6, 6.07) is 17.1. The van der Waals surface area contributed by atoms with E-state index in [1.165, 1.54) is 0 Å². The van der Waals surface area contributed by atoms with E-state index in [0.717, 1.165) is 17.1 Å². The number of para-hydroxylation sites is 1. The molecule has 0 unspecified atom stereocenters. The Morgan fingerprint density at radius 1 is 1.24 bits per heavy atom. The second-order valence-electron chi connectivity index (χ2n) is 5.66. The Labute approximate surface area is 157 Å². The van der Waals surface area contributed by atoms with Crippen LogP contribution in [-0.2, 0) is 4.79 Å². The third kappa shape index (κ3) is 6.27. The van der Waals surface area contributed by atoms with Crippen molar-refractivity contribution in [3.05, 3.63) is 59.6 Å². The topological polar surface area (TPSA) is 49.8 Å². The molecule has 0 radical (unpaired) electrons. The average molecular weight is 380 g/mol. The predicted molar refractivity (Wildman–Crippen MR) is 103 cm³/mol. The number of nitrogens with zero attached hydrogens (tertiary/aromatic N) is 1. The van der Waals surface area contributed by atoms with E-state index in [0.29, 0.717) is 5.02 Å². The van der Waals surface area contributed by atoms with Gasteiger partial charge in [0.2, 0.25) is 0 Å². The number of hydrogen-bond donors (Lipinski definition) is 1. The van der Waals surface area contributed by atoms with Gasteiger partial charge in [-0.05, 0) is 43.8 Å². The van der Waals surface area contributed by atoms with Crippen molar-refractivity contribution in [3.8, 4) is 5.75 Å². The van der Waals surface area contributed by atoms with Crippen molar-refractivity contribution < 1.29 is 14.6 Å². The van der Waals surface area contributed by atoms with Crippen molar-refractivity contribution in [1.82, 2.24) is 4.90 Å². The summed E-state index contributed by atoms with van der Waals surface area (Å²) in [4.78, 5) is 13.9. The number of ether oxygens (including phenoxy) is 1. The summed E-state index contributed by atoms with van der Waals surface area (Å²) in [6.45, 7) is 1.99. The minimum absolute atomic E-state index is 0.0384. The van der Waals surface area contributed by atoms with E-state index in [-0.39, 0.29) is 18.0 Å². The molecule has 0 fully saturated rings. The van der Waals surface area contributed by atoms with Gasteiger partial charge in [-0.3, -0.25) is 9.69 Å². The molecule has 2 atom stereocenters. The lowest BCUT2D eigenvalue weighted by molar-refractivity contribution is -0.138. The fourth-order valence-corrected chi connectivity index (χ4v) is 4.12. The van der Waals surface area contributed by atoms with E-state index in [9.17, 15) is 4.79 Å². The lowest BCUT2D eigenvalue weighted by atomic mass is 10.2. The monoisotopic (exact) mass is 379 g/mol. The van der Waals surface area contributed by atoms with Crippen LogP contribution in [0, 0.1) is 0 Å². The number of halogens is 1. The second kappa shape index (κ2) is 9.70. The zero-order valence-corrected chi connectivity index (χ0v) is 15.8. The molecule has 25 heavy (non-hydrogen) atoms. The molecule has 4 nitrogen and oxygen atoms in total. The molecular formula is C19H22ClNO3S. The number of likely N-dealkylation sites (N-methyl/N-ethyl adjacent to an activating group) is 1. The normalized spacial score (nSPS) is 13.4. The Balaban J connectivity index is 2.24. The van der Waals surface area contributed by atoms with Crippen LogP contribution >= 0.6 is 23.4 Å². The molecule has 0 saturated carbocycles. The van der Waals surface area contributed by atoms with Crippen LogP contribution in [-0.4, -0.2) is 41.0 Å². The second-order valence-corrected chi connectivity index (χ2v) is 7.27. The van der Waals surface area contributed by atoms with E-state index in [1.807, 2.05) is 73.5 Å². The first-order valence-electron chi connectivity index (χ1n) is 8.05. The van der Waals surface area contributed by atoms with Crippen molar-refractivity contribution in [2.24, 2.45) is 0 Å². The Hall–Kier alpha value is -1.69. The molecular weight excluding hydrogens is 358 g/mol. The van der Waals surface area contributed by atoms with E-state index in [4.69, 9.17) is 21.4 Å². The Bertz CT molecular complexity index is 683. The number of aliphatic carboxylic acids is 1. The summed E-state index contributed by atoms with van der Waals surface area (Å²) in [6.07, 6.45) is 0.759. The molecule has 2 aromatic rings. The first-order valence-corrected chi connectivity index (χ1v) is 9.31. The minimum atomic E-state index is -0.854. The van der Waals surface area contributed by atoms with E-state index in [1.54, 1.807) is 11.8 Å². The van der Waals surface area contributed by atoms with Gasteiger partial charge in [-0.15, -0.1) is 0 Å².